The Morgan fingerprint density at radius 3 is 2.74 bits per heavy atom. The van der Waals surface area contributed by atoms with Gasteiger partial charge in [0.15, 0.2) is 0 Å². The van der Waals surface area contributed by atoms with E-state index < -0.39 is 11.9 Å². The first-order chi connectivity index (χ1) is 11.1. The zero-order valence-electron chi connectivity index (χ0n) is 11.6. The van der Waals surface area contributed by atoms with E-state index in [2.05, 4.69) is 20.3 Å². The molecule has 0 aliphatic rings. The fraction of sp³-hybridized carbons (Fsp3) is 0.0769. The highest BCUT2D eigenvalue weighted by Crippen LogP contribution is 2.24. The summed E-state index contributed by atoms with van der Waals surface area (Å²) in [5.41, 5.74) is 5.36. The lowest BCUT2D eigenvalue weighted by Gasteiger charge is -2.07. The molecular weight excluding hydrogens is 322 g/mol. The molecule has 0 fully saturated rings. The molecule has 10 heteroatoms. The van der Waals surface area contributed by atoms with E-state index in [4.69, 9.17) is 5.73 Å². The molecule has 0 bridgehead atoms. The number of carboxylic acid groups (broad SMARTS) is 1. The summed E-state index contributed by atoms with van der Waals surface area (Å²) >= 11 is 1.20. The van der Waals surface area contributed by atoms with Crippen LogP contribution in [0.15, 0.2) is 29.4 Å². The molecule has 2 aromatic heterocycles. The Kier molecular flexibility index (Phi) is 5.23. The molecule has 0 radical (unpaired) electrons. The van der Waals surface area contributed by atoms with Crippen LogP contribution in [0, 0.1) is 0 Å². The quantitative estimate of drug-likeness (QED) is 0.505. The molecule has 0 aliphatic carbocycles. The zero-order chi connectivity index (χ0) is 16.8. The number of carbonyl (C=O) groups is 3. The van der Waals surface area contributed by atoms with Gasteiger partial charge >= 0.3 is 5.97 Å². The van der Waals surface area contributed by atoms with Gasteiger partial charge in [-0.1, -0.05) is 0 Å². The second kappa shape index (κ2) is 7.33. The largest absolute Gasteiger partial charge is 0.478 e. The van der Waals surface area contributed by atoms with Crippen molar-refractivity contribution >= 4 is 35.4 Å². The van der Waals surface area contributed by atoms with Gasteiger partial charge in [0.1, 0.15) is 22.6 Å². The number of aldehydes is 1. The van der Waals surface area contributed by atoms with Crippen LogP contribution in [0.3, 0.4) is 0 Å². The summed E-state index contributed by atoms with van der Waals surface area (Å²) in [5, 5.41) is 13.6. The van der Waals surface area contributed by atoms with Crippen molar-refractivity contribution in [1.29, 1.82) is 0 Å². The number of rotatable bonds is 6. The van der Waals surface area contributed by atoms with Crippen LogP contribution in [0.5, 0.6) is 0 Å². The Balaban J connectivity index is 2.37. The van der Waals surface area contributed by atoms with Gasteiger partial charge < -0.3 is 10.8 Å². The number of thiazole rings is 1. The van der Waals surface area contributed by atoms with Crippen LogP contribution in [0.4, 0.5) is 5.95 Å². The van der Waals surface area contributed by atoms with Crippen molar-refractivity contribution in [3.05, 3.63) is 35.0 Å². The highest BCUT2D eigenvalue weighted by molar-refractivity contribution is 7.13. The van der Waals surface area contributed by atoms with Crippen molar-refractivity contribution in [2.24, 2.45) is 5.73 Å². The number of nitrogens with two attached hydrogens (primary N) is 1. The lowest BCUT2D eigenvalue weighted by atomic mass is 10.2. The van der Waals surface area contributed by atoms with Crippen molar-refractivity contribution < 1.29 is 19.5 Å². The van der Waals surface area contributed by atoms with Gasteiger partial charge in [-0.25, -0.2) is 19.7 Å². The highest BCUT2D eigenvalue weighted by atomic mass is 32.1. The van der Waals surface area contributed by atoms with Crippen molar-refractivity contribution in [2.75, 3.05) is 11.9 Å². The third kappa shape index (κ3) is 3.81. The van der Waals surface area contributed by atoms with E-state index in [1.54, 1.807) is 5.38 Å². The molecule has 2 heterocycles. The van der Waals surface area contributed by atoms with E-state index in [1.165, 1.54) is 17.5 Å². The van der Waals surface area contributed by atoms with Crippen molar-refractivity contribution in [1.82, 2.24) is 15.0 Å². The third-order valence-corrected chi connectivity index (χ3v) is 3.44. The maximum atomic E-state index is 11.9. The minimum atomic E-state index is -1.21. The highest BCUT2D eigenvalue weighted by Gasteiger charge is 2.18. The topological polar surface area (TPSA) is 148 Å². The standard InChI is InChI=1S/C13H11N5O4S/c14-5-7(1-3-19)10(20)18-13-16-6-8(12(21)22)9(17-13)11-15-2-4-23-11/h1-4,6H,5,14H2,(H,21,22)(H,16,17,18,20)/b7-1-. The summed E-state index contributed by atoms with van der Waals surface area (Å²) < 4.78 is 0. The molecule has 2 rings (SSSR count). The molecule has 0 aliphatic heterocycles. The van der Waals surface area contributed by atoms with E-state index in [-0.39, 0.29) is 29.3 Å². The van der Waals surface area contributed by atoms with E-state index in [0.717, 1.165) is 12.3 Å². The number of hydrogen-bond donors (Lipinski definition) is 3. The second-order valence-corrected chi connectivity index (χ2v) is 4.98. The monoisotopic (exact) mass is 333 g/mol. The molecule has 0 aromatic carbocycles. The minimum absolute atomic E-state index is 0.0432. The van der Waals surface area contributed by atoms with Crippen molar-refractivity contribution in [3.8, 4) is 10.7 Å². The van der Waals surface area contributed by atoms with Crippen LogP contribution in [0.1, 0.15) is 10.4 Å². The molecule has 118 valence electrons. The molecule has 0 spiro atoms. The Labute approximate surface area is 133 Å². The lowest BCUT2D eigenvalue weighted by molar-refractivity contribution is -0.113. The van der Waals surface area contributed by atoms with Gasteiger partial charge in [-0.2, -0.15) is 0 Å². The molecule has 0 unspecified atom stereocenters. The predicted octanol–water partition coefficient (Wildman–Crippen LogP) is 0.321. The fourth-order valence-corrected chi connectivity index (χ4v) is 2.24. The van der Waals surface area contributed by atoms with Crippen molar-refractivity contribution in [2.45, 2.75) is 0 Å². The van der Waals surface area contributed by atoms with Gasteiger partial charge in [-0.15, -0.1) is 11.3 Å². The van der Waals surface area contributed by atoms with Crippen LogP contribution in [-0.2, 0) is 9.59 Å². The van der Waals surface area contributed by atoms with Gasteiger partial charge in [-0.05, 0) is 6.08 Å². The minimum Gasteiger partial charge on any atom is -0.478 e. The molecule has 0 saturated heterocycles. The van der Waals surface area contributed by atoms with E-state index in [9.17, 15) is 19.5 Å². The summed E-state index contributed by atoms with van der Waals surface area (Å²) in [6.45, 7) is -0.142. The number of nitrogens with zero attached hydrogens (tertiary/aromatic N) is 3. The maximum Gasteiger partial charge on any atom is 0.339 e. The average molecular weight is 333 g/mol. The predicted molar refractivity (Wildman–Crippen MR) is 81.9 cm³/mol. The number of hydrogen-bond acceptors (Lipinski definition) is 8. The molecule has 23 heavy (non-hydrogen) atoms. The average Bonchev–Trinajstić information content (AvgIpc) is 3.06. The van der Waals surface area contributed by atoms with Crippen LogP contribution < -0.4 is 11.1 Å². The first-order valence-electron chi connectivity index (χ1n) is 6.22. The summed E-state index contributed by atoms with van der Waals surface area (Å²) in [4.78, 5) is 45.4. The molecule has 0 atom stereocenters. The van der Waals surface area contributed by atoms with E-state index in [1.807, 2.05) is 0 Å². The summed E-state index contributed by atoms with van der Waals surface area (Å²) in [6.07, 6.45) is 4.05. The molecular formula is C13H11N5O4S. The first-order valence-corrected chi connectivity index (χ1v) is 7.10. The number of aromatic nitrogens is 3. The Morgan fingerprint density at radius 1 is 1.39 bits per heavy atom. The SMILES string of the molecule is NC/C(=C/C=O)C(=O)Nc1ncc(C(=O)O)c(-c2nccs2)n1. The van der Waals surface area contributed by atoms with Crippen molar-refractivity contribution in [3.63, 3.8) is 0 Å². The molecule has 0 saturated carbocycles. The number of nitrogens with one attached hydrogen (secondary N) is 1. The Bertz CT molecular complexity index is 773. The van der Waals surface area contributed by atoms with Gasteiger partial charge in [0.05, 0.1) is 0 Å². The van der Waals surface area contributed by atoms with E-state index >= 15 is 0 Å². The van der Waals surface area contributed by atoms with Crippen LogP contribution >= 0.6 is 11.3 Å². The summed E-state index contributed by atoms with van der Waals surface area (Å²) in [6, 6.07) is 0. The number of carboxylic acids is 1. The maximum absolute atomic E-state index is 11.9. The molecule has 9 nitrogen and oxygen atoms in total. The molecule has 2 aromatic rings. The first kappa shape index (κ1) is 16.4. The summed E-state index contributed by atoms with van der Waals surface area (Å²) in [5.74, 6) is -1.97. The van der Waals surface area contributed by atoms with Gasteiger partial charge in [0.2, 0.25) is 5.95 Å². The van der Waals surface area contributed by atoms with Crippen LogP contribution in [-0.4, -0.2) is 44.8 Å². The molecule has 1 amide bonds. The second-order valence-electron chi connectivity index (χ2n) is 4.08. The number of allylic oxidation sites excluding steroid dienone is 1. The van der Waals surface area contributed by atoms with E-state index in [0.29, 0.717) is 11.3 Å². The third-order valence-electron chi connectivity index (χ3n) is 2.66. The number of anilines is 1. The Hall–Kier alpha value is -2.98. The van der Waals surface area contributed by atoms with Gasteiger partial charge in [0, 0.05) is 29.9 Å². The number of amides is 1. The normalized spacial score (nSPS) is 11.1. The van der Waals surface area contributed by atoms with Gasteiger partial charge in [-0.3, -0.25) is 14.9 Å². The smallest absolute Gasteiger partial charge is 0.339 e. The van der Waals surface area contributed by atoms with Gasteiger partial charge in [0.25, 0.3) is 5.91 Å². The zero-order valence-corrected chi connectivity index (χ0v) is 12.4. The van der Waals surface area contributed by atoms with Crippen LogP contribution in [0.25, 0.3) is 10.7 Å². The van der Waals surface area contributed by atoms with Crippen LogP contribution in [0.2, 0.25) is 0 Å². The Morgan fingerprint density at radius 2 is 2.17 bits per heavy atom. The fourth-order valence-electron chi connectivity index (χ4n) is 1.60. The lowest BCUT2D eigenvalue weighted by Crippen LogP contribution is -2.22. The number of carbonyl (C=O) groups excluding carboxylic acids is 2. The summed E-state index contributed by atoms with van der Waals surface area (Å²) in [7, 11) is 0. The molecule has 4 N–H and O–H groups in total. The number of aromatic carboxylic acids is 1.